The van der Waals surface area contributed by atoms with Gasteiger partial charge in [0.1, 0.15) is 0 Å². The minimum Gasteiger partial charge on any atom is -0.393 e. The lowest BCUT2D eigenvalue weighted by Gasteiger charge is -1.84. The van der Waals surface area contributed by atoms with Gasteiger partial charge in [0.25, 0.3) is 0 Å². The molecule has 0 atom stereocenters. The first-order valence-electron chi connectivity index (χ1n) is 6.95. The third kappa shape index (κ3) is 8.63. The van der Waals surface area contributed by atoms with Gasteiger partial charge in [-0.25, -0.2) is 4.98 Å². The molecule has 2 aliphatic carbocycles. The standard InChI is InChI=1S/C7H8ClNS.C4H7NS.C3H4Cl2O/c8-3-6-4-10-7(9-6)5-1-2-5;5-4(6)3-1-2-3;4-1-3(6)2-5/h4-5H,1-3H2;3H,1-2H2,(H2,5,6);1-2H2. The lowest BCUT2D eigenvalue weighted by molar-refractivity contribution is -0.114. The monoisotopic (exact) mass is 400 g/mol. The van der Waals surface area contributed by atoms with Crippen LogP contribution < -0.4 is 5.73 Å². The minimum atomic E-state index is -0.127. The van der Waals surface area contributed by atoms with Gasteiger partial charge in [-0.05, 0) is 25.7 Å². The van der Waals surface area contributed by atoms with Crippen molar-refractivity contribution in [2.45, 2.75) is 37.5 Å². The van der Waals surface area contributed by atoms with Crippen LogP contribution in [0.15, 0.2) is 5.38 Å². The number of hydrogen-bond donors (Lipinski definition) is 1. The molecule has 3 nitrogen and oxygen atoms in total. The molecule has 0 radical (unpaired) electrons. The summed E-state index contributed by atoms with van der Waals surface area (Å²) in [6.07, 6.45) is 5.12. The smallest absolute Gasteiger partial charge is 0.162 e. The summed E-state index contributed by atoms with van der Waals surface area (Å²) in [7, 11) is 0. The van der Waals surface area contributed by atoms with E-state index in [1.54, 1.807) is 11.3 Å². The van der Waals surface area contributed by atoms with E-state index in [1.807, 2.05) is 0 Å². The van der Waals surface area contributed by atoms with Gasteiger partial charge >= 0.3 is 0 Å². The summed E-state index contributed by atoms with van der Waals surface area (Å²) < 4.78 is 0. The lowest BCUT2D eigenvalue weighted by Crippen LogP contribution is -2.08. The van der Waals surface area contributed by atoms with Crippen LogP contribution in [-0.2, 0) is 10.7 Å². The van der Waals surface area contributed by atoms with Crippen LogP contribution >= 0.6 is 58.4 Å². The summed E-state index contributed by atoms with van der Waals surface area (Å²) in [5, 5.41) is 3.34. The second kappa shape index (κ2) is 10.8. The van der Waals surface area contributed by atoms with Crippen LogP contribution in [0.25, 0.3) is 0 Å². The van der Waals surface area contributed by atoms with Gasteiger partial charge in [-0.2, -0.15) is 0 Å². The van der Waals surface area contributed by atoms with Crippen LogP contribution in [0.2, 0.25) is 0 Å². The van der Waals surface area contributed by atoms with Crippen molar-refractivity contribution in [2.24, 2.45) is 11.7 Å². The largest absolute Gasteiger partial charge is 0.393 e. The Morgan fingerprint density at radius 3 is 2.09 bits per heavy atom. The summed E-state index contributed by atoms with van der Waals surface area (Å²) in [6, 6.07) is 0. The fourth-order valence-electron chi connectivity index (χ4n) is 1.31. The molecule has 22 heavy (non-hydrogen) atoms. The molecule has 0 bridgehead atoms. The van der Waals surface area contributed by atoms with Crippen molar-refractivity contribution in [3.05, 3.63) is 16.1 Å². The first-order chi connectivity index (χ1) is 10.5. The van der Waals surface area contributed by atoms with E-state index in [4.69, 9.17) is 40.5 Å². The molecule has 0 unspecified atom stereocenters. The van der Waals surface area contributed by atoms with Gasteiger partial charge in [-0.15, -0.1) is 46.1 Å². The van der Waals surface area contributed by atoms with Gasteiger partial charge in [0.05, 0.1) is 33.3 Å². The number of thiazole rings is 1. The molecule has 2 N–H and O–H groups in total. The average molecular weight is 402 g/mol. The van der Waals surface area contributed by atoms with E-state index in [9.17, 15) is 4.79 Å². The van der Waals surface area contributed by atoms with Crippen molar-refractivity contribution in [1.82, 2.24) is 4.98 Å². The van der Waals surface area contributed by atoms with Gasteiger partial charge < -0.3 is 5.73 Å². The molecular formula is C14H19Cl3N2OS2. The van der Waals surface area contributed by atoms with Crippen molar-refractivity contribution in [1.29, 1.82) is 0 Å². The number of aromatic nitrogens is 1. The molecule has 2 fully saturated rings. The van der Waals surface area contributed by atoms with Gasteiger partial charge in [-0.1, -0.05) is 12.2 Å². The normalized spacial score (nSPS) is 16.0. The molecular weight excluding hydrogens is 383 g/mol. The predicted molar refractivity (Wildman–Crippen MR) is 99.6 cm³/mol. The molecule has 1 aromatic rings. The molecule has 0 spiro atoms. The highest BCUT2D eigenvalue weighted by molar-refractivity contribution is 7.80. The third-order valence-electron chi connectivity index (χ3n) is 2.91. The SMILES string of the molecule is ClCc1csc(C2CC2)n1.NC(=S)C1CC1.O=C(CCl)CCl. The number of carbonyl (C=O) groups is 1. The highest BCUT2D eigenvalue weighted by atomic mass is 35.5. The van der Waals surface area contributed by atoms with Crippen molar-refractivity contribution >= 4 is 69.1 Å². The predicted octanol–water partition coefficient (Wildman–Crippen LogP) is 4.47. The van der Waals surface area contributed by atoms with Crippen LogP contribution in [-0.4, -0.2) is 27.5 Å². The molecule has 1 heterocycles. The number of carbonyl (C=O) groups excluding carboxylic acids is 1. The number of nitrogens with zero attached hydrogens (tertiary/aromatic N) is 1. The number of Topliss-reactive ketones (excluding diaryl/α,β-unsaturated/α-hetero) is 1. The molecule has 8 heteroatoms. The van der Waals surface area contributed by atoms with Crippen LogP contribution in [0, 0.1) is 5.92 Å². The summed E-state index contributed by atoms with van der Waals surface area (Å²) in [5.74, 6) is 1.89. The lowest BCUT2D eigenvalue weighted by atomic mass is 10.4. The first-order valence-corrected chi connectivity index (χ1v) is 9.84. The maximum absolute atomic E-state index is 9.92. The zero-order valence-electron chi connectivity index (χ0n) is 12.1. The molecule has 3 rings (SSSR count). The zero-order valence-corrected chi connectivity index (χ0v) is 16.0. The number of ketones is 1. The minimum absolute atomic E-state index is 0.0312. The zero-order chi connectivity index (χ0) is 16.5. The van der Waals surface area contributed by atoms with Gasteiger partial charge in [0, 0.05) is 17.2 Å². The Bertz CT molecular complexity index is 480. The second-order valence-corrected chi connectivity index (χ2v) is 7.23. The van der Waals surface area contributed by atoms with Crippen molar-refractivity contribution in [3.8, 4) is 0 Å². The second-order valence-electron chi connectivity index (χ2n) is 5.07. The third-order valence-corrected chi connectivity index (χ3v) is 5.17. The maximum atomic E-state index is 9.92. The maximum Gasteiger partial charge on any atom is 0.162 e. The van der Waals surface area contributed by atoms with Crippen molar-refractivity contribution in [2.75, 3.05) is 11.8 Å². The highest BCUT2D eigenvalue weighted by Crippen LogP contribution is 2.41. The van der Waals surface area contributed by atoms with Crippen LogP contribution in [0.4, 0.5) is 0 Å². The fraction of sp³-hybridized carbons (Fsp3) is 0.643. The summed E-state index contributed by atoms with van der Waals surface area (Å²) in [5.41, 5.74) is 6.26. The van der Waals surface area contributed by atoms with E-state index in [0.717, 1.165) is 11.6 Å². The molecule has 1 aromatic heterocycles. The van der Waals surface area contributed by atoms with E-state index < -0.39 is 0 Å². The molecule has 124 valence electrons. The summed E-state index contributed by atoms with van der Waals surface area (Å²) in [4.78, 5) is 15.0. The Morgan fingerprint density at radius 2 is 1.86 bits per heavy atom. The Balaban J connectivity index is 0.000000176. The summed E-state index contributed by atoms with van der Waals surface area (Å²) >= 11 is 22.1. The van der Waals surface area contributed by atoms with E-state index in [2.05, 4.69) is 22.6 Å². The van der Waals surface area contributed by atoms with E-state index in [-0.39, 0.29) is 17.5 Å². The van der Waals surface area contributed by atoms with E-state index >= 15 is 0 Å². The van der Waals surface area contributed by atoms with Crippen molar-refractivity contribution in [3.63, 3.8) is 0 Å². The van der Waals surface area contributed by atoms with Gasteiger partial charge in [0.15, 0.2) is 5.78 Å². The number of halogens is 3. The first kappa shape index (κ1) is 20.1. The van der Waals surface area contributed by atoms with Gasteiger partial charge in [-0.3, -0.25) is 4.79 Å². The van der Waals surface area contributed by atoms with Crippen molar-refractivity contribution < 1.29 is 4.79 Å². The van der Waals surface area contributed by atoms with E-state index in [1.165, 1.54) is 30.7 Å². The number of nitrogens with two attached hydrogens (primary N) is 1. The van der Waals surface area contributed by atoms with E-state index in [0.29, 0.717) is 16.8 Å². The quantitative estimate of drug-likeness (QED) is 0.584. The number of rotatable bonds is 5. The highest BCUT2D eigenvalue weighted by Gasteiger charge is 2.26. The Hall–Kier alpha value is 0.0600. The molecule has 0 saturated heterocycles. The summed E-state index contributed by atoms with van der Waals surface area (Å²) in [6.45, 7) is 0. The van der Waals surface area contributed by atoms with Gasteiger partial charge in [0.2, 0.25) is 0 Å². The number of hydrogen-bond acceptors (Lipinski definition) is 4. The molecule has 0 amide bonds. The Kier molecular flexibility index (Phi) is 9.84. The Morgan fingerprint density at radius 1 is 1.27 bits per heavy atom. The molecule has 0 aliphatic heterocycles. The molecule has 2 saturated carbocycles. The van der Waals surface area contributed by atoms with Crippen LogP contribution in [0.5, 0.6) is 0 Å². The molecule has 2 aliphatic rings. The average Bonchev–Trinajstić information content (AvgIpc) is 3.45. The molecule has 0 aromatic carbocycles. The van der Waals surface area contributed by atoms with Crippen LogP contribution in [0.3, 0.4) is 0 Å². The topological polar surface area (TPSA) is 56.0 Å². The number of thiocarbonyl (C=S) groups is 1. The number of alkyl halides is 3. The fourth-order valence-corrected chi connectivity index (χ4v) is 3.05. The van der Waals surface area contributed by atoms with Crippen LogP contribution in [0.1, 0.15) is 42.3 Å². The Labute approximate surface area is 155 Å².